The van der Waals surface area contributed by atoms with Crippen molar-refractivity contribution in [1.29, 1.82) is 0 Å². The summed E-state index contributed by atoms with van der Waals surface area (Å²) in [6.07, 6.45) is 27.2. The van der Waals surface area contributed by atoms with Gasteiger partial charge < -0.3 is 29.3 Å². The van der Waals surface area contributed by atoms with Gasteiger partial charge in [-0.25, -0.2) is 0 Å². The number of aliphatic hydroxyl groups is 1. The molecule has 8 heteroatoms. The van der Waals surface area contributed by atoms with Crippen molar-refractivity contribution in [1.82, 2.24) is 4.90 Å². The molecule has 0 fully saturated rings. The van der Waals surface area contributed by atoms with Crippen LogP contribution in [0.1, 0.15) is 195 Å². The molecule has 0 saturated heterocycles. The van der Waals surface area contributed by atoms with Crippen LogP contribution in [0.4, 0.5) is 0 Å². The molecule has 2 unspecified atom stereocenters. The van der Waals surface area contributed by atoms with Gasteiger partial charge in [-0.1, -0.05) is 137 Å². The lowest BCUT2D eigenvalue weighted by Crippen LogP contribution is -2.33. The normalized spacial score (nSPS) is 12.9. The fraction of sp³-hybridized carbons (Fsp3) is 0.952. The quantitative estimate of drug-likeness (QED) is 0.0367. The lowest BCUT2D eigenvalue weighted by atomic mass is 9.85. The highest BCUT2D eigenvalue weighted by Crippen LogP contribution is 2.28. The van der Waals surface area contributed by atoms with Crippen molar-refractivity contribution in [2.24, 2.45) is 11.8 Å². The Hall–Kier alpha value is -1.22. The Morgan fingerprint density at radius 3 is 1.58 bits per heavy atom. The molecular formula is C42H83NO7. The molecule has 0 spiro atoms. The van der Waals surface area contributed by atoms with Gasteiger partial charge in [0.25, 0.3) is 0 Å². The molecule has 0 bridgehead atoms. The molecule has 0 aliphatic heterocycles. The molecule has 0 aromatic carbocycles. The van der Waals surface area contributed by atoms with Crippen LogP contribution in [0.2, 0.25) is 0 Å². The van der Waals surface area contributed by atoms with Crippen LogP contribution < -0.4 is 0 Å². The fourth-order valence-corrected chi connectivity index (χ4v) is 6.65. The number of carboxylic acids is 1. The van der Waals surface area contributed by atoms with Gasteiger partial charge in [-0.2, -0.15) is 0 Å². The standard InChI is InChI=1S/C42H83NO7/c1-5-8-11-14-15-19-27-34-48-41(47)29-22-17-16-18-23-30-43(32-33-44)31-24-20-21-28-39(37-40(45)46)38(4)42(49-35-25-12-9-6-2)50-36-26-13-10-7-3/h38-39,42,44H,5-37H2,1-4H3,(H,45,46). The van der Waals surface area contributed by atoms with Gasteiger partial charge in [0.15, 0.2) is 6.29 Å². The molecule has 0 aromatic heterocycles. The minimum absolute atomic E-state index is 0.0179. The van der Waals surface area contributed by atoms with Crippen molar-refractivity contribution in [3.63, 3.8) is 0 Å². The zero-order valence-corrected chi connectivity index (χ0v) is 33.4. The largest absolute Gasteiger partial charge is 0.481 e. The number of ether oxygens (including phenoxy) is 3. The van der Waals surface area contributed by atoms with Crippen molar-refractivity contribution in [2.45, 2.75) is 201 Å². The maximum atomic E-state index is 12.0. The van der Waals surface area contributed by atoms with Crippen LogP contribution >= 0.6 is 0 Å². The number of hydrogen-bond acceptors (Lipinski definition) is 7. The van der Waals surface area contributed by atoms with Crippen LogP contribution in [0.25, 0.3) is 0 Å². The third-order valence-corrected chi connectivity index (χ3v) is 10.0. The molecule has 50 heavy (non-hydrogen) atoms. The molecule has 0 aliphatic rings. The first kappa shape index (κ1) is 48.8. The molecule has 0 radical (unpaired) electrons. The van der Waals surface area contributed by atoms with Crippen LogP contribution in [0.3, 0.4) is 0 Å². The maximum absolute atomic E-state index is 12.0. The molecule has 298 valence electrons. The first-order valence-corrected chi connectivity index (χ1v) is 21.3. The van der Waals surface area contributed by atoms with E-state index in [1.807, 2.05) is 0 Å². The summed E-state index contributed by atoms with van der Waals surface area (Å²) in [5.74, 6) is -0.760. The number of carbonyl (C=O) groups is 2. The van der Waals surface area contributed by atoms with E-state index in [9.17, 15) is 19.8 Å². The first-order chi connectivity index (χ1) is 24.4. The summed E-state index contributed by atoms with van der Waals surface area (Å²) in [5, 5.41) is 19.3. The number of hydrogen-bond donors (Lipinski definition) is 2. The van der Waals surface area contributed by atoms with Gasteiger partial charge in [-0.05, 0) is 64.0 Å². The van der Waals surface area contributed by atoms with Crippen LogP contribution in [0, 0.1) is 11.8 Å². The van der Waals surface area contributed by atoms with Crippen molar-refractivity contribution in [3.8, 4) is 0 Å². The van der Waals surface area contributed by atoms with E-state index < -0.39 is 5.97 Å². The average Bonchev–Trinajstić information content (AvgIpc) is 3.10. The summed E-state index contributed by atoms with van der Waals surface area (Å²) < 4.78 is 17.9. The SMILES string of the molecule is CCCCCCCCCOC(=O)CCCCCCCN(CCO)CCCCCC(CC(=O)O)C(C)C(OCCCCCC)OCCCCCC. The van der Waals surface area contributed by atoms with Gasteiger partial charge in [-0.3, -0.25) is 9.59 Å². The topological polar surface area (TPSA) is 106 Å². The van der Waals surface area contributed by atoms with E-state index in [0.29, 0.717) is 32.8 Å². The Labute approximate surface area is 309 Å². The summed E-state index contributed by atoms with van der Waals surface area (Å²) in [6, 6.07) is 0. The minimum Gasteiger partial charge on any atom is -0.481 e. The Bertz CT molecular complexity index is 723. The van der Waals surface area contributed by atoms with Crippen LogP contribution in [-0.2, 0) is 23.8 Å². The molecule has 0 aliphatic carbocycles. The molecule has 0 rings (SSSR count). The number of carbonyl (C=O) groups excluding carboxylic acids is 1. The molecule has 0 amide bonds. The second-order valence-electron chi connectivity index (χ2n) is 14.7. The van der Waals surface area contributed by atoms with E-state index in [4.69, 9.17) is 14.2 Å². The fourth-order valence-electron chi connectivity index (χ4n) is 6.65. The van der Waals surface area contributed by atoms with Crippen LogP contribution in [0.5, 0.6) is 0 Å². The molecule has 0 aromatic rings. The third-order valence-electron chi connectivity index (χ3n) is 10.0. The predicted molar refractivity (Wildman–Crippen MR) is 208 cm³/mol. The average molecular weight is 714 g/mol. The van der Waals surface area contributed by atoms with Crippen molar-refractivity contribution in [2.75, 3.05) is 46.1 Å². The minimum atomic E-state index is -0.751. The second-order valence-corrected chi connectivity index (χ2v) is 14.7. The lowest BCUT2D eigenvalue weighted by Gasteiger charge is -2.31. The smallest absolute Gasteiger partial charge is 0.305 e. The maximum Gasteiger partial charge on any atom is 0.305 e. The molecule has 0 saturated carbocycles. The van der Waals surface area contributed by atoms with E-state index in [-0.39, 0.29) is 37.1 Å². The number of esters is 1. The summed E-state index contributed by atoms with van der Waals surface area (Å²) >= 11 is 0. The van der Waals surface area contributed by atoms with Gasteiger partial charge in [-0.15, -0.1) is 0 Å². The zero-order chi connectivity index (χ0) is 36.9. The highest BCUT2D eigenvalue weighted by atomic mass is 16.7. The third kappa shape index (κ3) is 31.5. The van der Waals surface area contributed by atoms with Crippen LogP contribution in [-0.4, -0.2) is 79.4 Å². The van der Waals surface area contributed by atoms with Gasteiger partial charge in [0.2, 0.25) is 0 Å². The number of nitrogens with zero attached hydrogens (tertiary/aromatic N) is 1. The van der Waals surface area contributed by atoms with Crippen molar-refractivity contribution < 1.29 is 34.0 Å². The monoisotopic (exact) mass is 714 g/mol. The molecule has 0 heterocycles. The van der Waals surface area contributed by atoms with E-state index in [1.54, 1.807) is 0 Å². The molecule has 8 nitrogen and oxygen atoms in total. The Morgan fingerprint density at radius 1 is 0.580 bits per heavy atom. The summed E-state index contributed by atoms with van der Waals surface area (Å²) in [5.41, 5.74) is 0. The summed E-state index contributed by atoms with van der Waals surface area (Å²) in [6.45, 7) is 13.4. The molecule has 2 atom stereocenters. The predicted octanol–water partition coefficient (Wildman–Crippen LogP) is 10.7. The van der Waals surface area contributed by atoms with Gasteiger partial charge in [0.1, 0.15) is 0 Å². The molecule has 2 N–H and O–H groups in total. The lowest BCUT2D eigenvalue weighted by molar-refractivity contribution is -0.182. The van der Waals surface area contributed by atoms with Crippen LogP contribution in [0.15, 0.2) is 0 Å². The highest BCUT2D eigenvalue weighted by molar-refractivity contribution is 5.69. The van der Waals surface area contributed by atoms with E-state index >= 15 is 0 Å². The Balaban J connectivity index is 4.38. The van der Waals surface area contributed by atoms with E-state index in [2.05, 4.69) is 32.6 Å². The van der Waals surface area contributed by atoms with Gasteiger partial charge in [0.05, 0.1) is 13.2 Å². The van der Waals surface area contributed by atoms with E-state index in [1.165, 1.54) is 57.8 Å². The number of aliphatic carboxylic acids is 1. The second kappa shape index (κ2) is 37.5. The number of rotatable bonds is 40. The Kier molecular flexibility index (Phi) is 36.6. The van der Waals surface area contributed by atoms with Crippen molar-refractivity contribution >= 4 is 11.9 Å². The van der Waals surface area contributed by atoms with Gasteiger partial charge in [0, 0.05) is 38.5 Å². The molecular weight excluding hydrogens is 630 g/mol. The Morgan fingerprint density at radius 2 is 1.04 bits per heavy atom. The zero-order valence-electron chi connectivity index (χ0n) is 33.4. The number of unbranched alkanes of at least 4 members (excludes halogenated alkanes) is 18. The van der Waals surface area contributed by atoms with Crippen molar-refractivity contribution in [3.05, 3.63) is 0 Å². The first-order valence-electron chi connectivity index (χ1n) is 21.3. The number of carboxylic acid groups (broad SMARTS) is 1. The summed E-state index contributed by atoms with van der Waals surface area (Å²) in [4.78, 5) is 26.2. The number of aliphatic hydroxyl groups excluding tert-OH is 1. The van der Waals surface area contributed by atoms with E-state index in [0.717, 1.165) is 109 Å². The van der Waals surface area contributed by atoms with Gasteiger partial charge >= 0.3 is 11.9 Å². The summed E-state index contributed by atoms with van der Waals surface area (Å²) in [7, 11) is 0. The highest BCUT2D eigenvalue weighted by Gasteiger charge is 2.28.